The van der Waals surface area contributed by atoms with E-state index in [1.807, 2.05) is 16.7 Å². The number of rotatable bonds is 5. The standard InChI is InChI=1S/C16H23N3O4/c1-11-7-14(23-17-11)8-15(20)18-9-12-3-4-13(10-18)19(16(12)21)5-6-22-2/h7,12-13H,3-6,8-10H2,1-2H3/t12-,13+/m0/s1. The quantitative estimate of drug-likeness (QED) is 0.795. The SMILES string of the molecule is COCCN1C(=O)[C@H]2CC[C@@H]1CN(C(=O)Cc1cc(C)no1)C2. The summed E-state index contributed by atoms with van der Waals surface area (Å²) in [6.45, 7) is 4.05. The number of hydrogen-bond acceptors (Lipinski definition) is 5. The molecule has 2 amide bonds. The number of aromatic nitrogens is 1. The topological polar surface area (TPSA) is 75.9 Å². The Labute approximate surface area is 135 Å². The maximum atomic E-state index is 12.6. The number of piperidine rings is 1. The molecule has 0 aliphatic carbocycles. The zero-order valence-corrected chi connectivity index (χ0v) is 13.7. The molecule has 0 radical (unpaired) electrons. The van der Waals surface area contributed by atoms with Gasteiger partial charge in [0.1, 0.15) is 5.76 Å². The smallest absolute Gasteiger partial charge is 0.230 e. The van der Waals surface area contributed by atoms with E-state index < -0.39 is 0 Å². The summed E-state index contributed by atoms with van der Waals surface area (Å²) in [6, 6.07) is 1.87. The minimum atomic E-state index is -0.0916. The molecule has 4 heterocycles. The summed E-state index contributed by atoms with van der Waals surface area (Å²) in [4.78, 5) is 28.8. The Kier molecular flexibility index (Phi) is 4.66. The predicted octanol–water partition coefficient (Wildman–Crippen LogP) is 0.621. The van der Waals surface area contributed by atoms with E-state index in [1.54, 1.807) is 13.2 Å². The average Bonchev–Trinajstić information content (AvgIpc) is 2.75. The van der Waals surface area contributed by atoms with Gasteiger partial charge < -0.3 is 19.1 Å². The molecule has 2 atom stereocenters. The monoisotopic (exact) mass is 321 g/mol. The van der Waals surface area contributed by atoms with Crippen LogP contribution in [-0.2, 0) is 20.7 Å². The van der Waals surface area contributed by atoms with Crippen LogP contribution in [0.4, 0.5) is 0 Å². The lowest BCUT2D eigenvalue weighted by atomic mass is 9.94. The Balaban J connectivity index is 1.68. The maximum Gasteiger partial charge on any atom is 0.230 e. The van der Waals surface area contributed by atoms with E-state index in [4.69, 9.17) is 9.26 Å². The largest absolute Gasteiger partial charge is 0.383 e. The van der Waals surface area contributed by atoms with Gasteiger partial charge in [0.25, 0.3) is 0 Å². The van der Waals surface area contributed by atoms with Gasteiger partial charge in [0.2, 0.25) is 11.8 Å². The molecule has 0 aromatic carbocycles. The van der Waals surface area contributed by atoms with E-state index in [2.05, 4.69) is 5.16 Å². The highest BCUT2D eigenvalue weighted by molar-refractivity contribution is 5.83. The first-order valence-electron chi connectivity index (χ1n) is 8.08. The molecule has 3 fully saturated rings. The second-order valence-corrected chi connectivity index (χ2v) is 6.36. The summed E-state index contributed by atoms with van der Waals surface area (Å²) in [5.74, 6) is 0.640. The van der Waals surface area contributed by atoms with Crippen LogP contribution in [0.1, 0.15) is 24.3 Å². The third kappa shape index (κ3) is 3.39. The lowest BCUT2D eigenvalue weighted by molar-refractivity contribution is -0.140. The summed E-state index contributed by atoms with van der Waals surface area (Å²) < 4.78 is 10.2. The Morgan fingerprint density at radius 1 is 1.43 bits per heavy atom. The van der Waals surface area contributed by atoms with Crippen molar-refractivity contribution in [1.82, 2.24) is 15.0 Å². The van der Waals surface area contributed by atoms with Crippen LogP contribution >= 0.6 is 0 Å². The van der Waals surface area contributed by atoms with Gasteiger partial charge in [0, 0.05) is 38.9 Å². The predicted molar refractivity (Wildman–Crippen MR) is 81.6 cm³/mol. The van der Waals surface area contributed by atoms with Gasteiger partial charge in [0.15, 0.2) is 0 Å². The molecule has 1 aromatic heterocycles. The molecule has 3 aliphatic rings. The fourth-order valence-electron chi connectivity index (χ4n) is 3.49. The van der Waals surface area contributed by atoms with Gasteiger partial charge in [-0.1, -0.05) is 5.16 Å². The van der Waals surface area contributed by atoms with Crippen molar-refractivity contribution in [1.29, 1.82) is 0 Å². The zero-order chi connectivity index (χ0) is 16.4. The van der Waals surface area contributed by atoms with Crippen LogP contribution in [0.3, 0.4) is 0 Å². The summed E-state index contributed by atoms with van der Waals surface area (Å²) in [7, 11) is 1.63. The first-order valence-corrected chi connectivity index (χ1v) is 8.08. The van der Waals surface area contributed by atoms with Gasteiger partial charge in [-0.15, -0.1) is 0 Å². The van der Waals surface area contributed by atoms with E-state index in [0.29, 0.717) is 32.0 Å². The third-order valence-corrected chi connectivity index (χ3v) is 4.68. The number of carbonyl (C=O) groups is 2. The van der Waals surface area contributed by atoms with Crippen molar-refractivity contribution >= 4 is 11.8 Å². The van der Waals surface area contributed by atoms with E-state index >= 15 is 0 Å². The highest BCUT2D eigenvalue weighted by Gasteiger charge is 2.41. The number of methoxy groups -OCH3 is 1. The van der Waals surface area contributed by atoms with Gasteiger partial charge >= 0.3 is 0 Å². The number of ether oxygens (including phenoxy) is 1. The number of nitrogens with zero attached hydrogens (tertiary/aromatic N) is 3. The number of carbonyl (C=O) groups excluding carboxylic acids is 2. The molecule has 3 aliphatic heterocycles. The molecule has 0 spiro atoms. The highest BCUT2D eigenvalue weighted by atomic mass is 16.5. The van der Waals surface area contributed by atoms with Gasteiger partial charge in [0.05, 0.1) is 24.6 Å². The van der Waals surface area contributed by atoms with Gasteiger partial charge in [-0.3, -0.25) is 9.59 Å². The van der Waals surface area contributed by atoms with Crippen molar-refractivity contribution in [2.24, 2.45) is 5.92 Å². The number of amides is 2. The fourth-order valence-corrected chi connectivity index (χ4v) is 3.49. The van der Waals surface area contributed by atoms with E-state index in [1.165, 1.54) is 0 Å². The number of aryl methyl sites for hydroxylation is 1. The van der Waals surface area contributed by atoms with Crippen molar-refractivity contribution in [3.05, 3.63) is 17.5 Å². The lowest BCUT2D eigenvalue weighted by Crippen LogP contribution is -2.49. The second kappa shape index (κ2) is 6.70. The summed E-state index contributed by atoms with van der Waals surface area (Å²) in [5, 5.41) is 3.81. The zero-order valence-electron chi connectivity index (χ0n) is 13.7. The first kappa shape index (κ1) is 16.0. The van der Waals surface area contributed by atoms with Gasteiger partial charge in [-0.05, 0) is 19.8 Å². The van der Waals surface area contributed by atoms with Crippen LogP contribution in [0.2, 0.25) is 0 Å². The van der Waals surface area contributed by atoms with E-state index in [-0.39, 0.29) is 30.2 Å². The molecule has 126 valence electrons. The molecular formula is C16H23N3O4. The van der Waals surface area contributed by atoms with Crippen LogP contribution < -0.4 is 0 Å². The van der Waals surface area contributed by atoms with Crippen molar-refractivity contribution in [2.75, 3.05) is 33.4 Å². The van der Waals surface area contributed by atoms with Gasteiger partial charge in [-0.25, -0.2) is 0 Å². The average molecular weight is 321 g/mol. The van der Waals surface area contributed by atoms with Crippen molar-refractivity contribution in [3.63, 3.8) is 0 Å². The van der Waals surface area contributed by atoms with Crippen LogP contribution in [-0.4, -0.2) is 66.2 Å². The van der Waals surface area contributed by atoms with Crippen molar-refractivity contribution in [2.45, 2.75) is 32.2 Å². The minimum Gasteiger partial charge on any atom is -0.383 e. The summed E-state index contributed by atoms with van der Waals surface area (Å²) >= 11 is 0. The second-order valence-electron chi connectivity index (χ2n) is 6.36. The van der Waals surface area contributed by atoms with Crippen molar-refractivity contribution in [3.8, 4) is 0 Å². The Hall–Kier alpha value is -1.89. The summed E-state index contributed by atoms with van der Waals surface area (Å²) in [6.07, 6.45) is 2.01. The number of fused-ring (bicyclic) bond motifs is 4. The van der Waals surface area contributed by atoms with Crippen molar-refractivity contribution < 1.29 is 18.8 Å². The minimum absolute atomic E-state index is 0.000517. The third-order valence-electron chi connectivity index (χ3n) is 4.68. The van der Waals surface area contributed by atoms with Gasteiger partial charge in [-0.2, -0.15) is 0 Å². The molecule has 4 rings (SSSR count). The van der Waals surface area contributed by atoms with Crippen LogP contribution in [0, 0.1) is 12.8 Å². The Morgan fingerprint density at radius 2 is 2.26 bits per heavy atom. The molecule has 3 saturated heterocycles. The fraction of sp³-hybridized carbons (Fsp3) is 0.688. The molecule has 7 nitrogen and oxygen atoms in total. The first-order chi connectivity index (χ1) is 11.1. The van der Waals surface area contributed by atoms with E-state index in [0.717, 1.165) is 18.5 Å². The highest BCUT2D eigenvalue weighted by Crippen LogP contribution is 2.29. The Morgan fingerprint density at radius 3 is 2.96 bits per heavy atom. The van der Waals surface area contributed by atoms with Crippen LogP contribution in [0.5, 0.6) is 0 Å². The number of hydrogen-bond donors (Lipinski definition) is 0. The molecule has 0 saturated carbocycles. The summed E-state index contributed by atoms with van der Waals surface area (Å²) in [5.41, 5.74) is 0.768. The molecular weight excluding hydrogens is 298 g/mol. The molecule has 0 N–H and O–H groups in total. The van der Waals surface area contributed by atoms with E-state index in [9.17, 15) is 9.59 Å². The molecule has 2 bridgehead atoms. The van der Waals surface area contributed by atoms with Crippen LogP contribution in [0.15, 0.2) is 10.6 Å². The maximum absolute atomic E-state index is 12.6. The Bertz CT molecular complexity index is 586. The molecule has 23 heavy (non-hydrogen) atoms. The molecule has 1 aromatic rings. The lowest BCUT2D eigenvalue weighted by Gasteiger charge is -2.35. The van der Waals surface area contributed by atoms with Crippen LogP contribution in [0.25, 0.3) is 0 Å². The molecule has 0 unspecified atom stereocenters. The molecule has 7 heteroatoms. The normalized spacial score (nSPS) is 24.2.